The largest absolute Gasteiger partial charge is 0.462 e. The molecule has 0 saturated carbocycles. The first-order valence-electron chi connectivity index (χ1n) is 13.7. The zero-order valence-electron chi connectivity index (χ0n) is 21.7. The molecule has 2 saturated heterocycles. The van der Waals surface area contributed by atoms with Gasteiger partial charge >= 0.3 is 6.01 Å². The van der Waals surface area contributed by atoms with Gasteiger partial charge in [-0.3, -0.25) is 0 Å². The molecule has 2 aliphatic carbocycles. The molecule has 7 nitrogen and oxygen atoms in total. The summed E-state index contributed by atoms with van der Waals surface area (Å²) in [6, 6.07) is 10.3. The maximum atomic E-state index is 9.27. The number of nitrogens with one attached hydrogen (secondary N) is 1. The lowest BCUT2D eigenvalue weighted by atomic mass is 9.69. The summed E-state index contributed by atoms with van der Waals surface area (Å²) in [6.45, 7) is 6.58. The Morgan fingerprint density at radius 3 is 2.86 bits per heavy atom. The van der Waals surface area contributed by atoms with E-state index in [1.54, 1.807) is 11.1 Å². The van der Waals surface area contributed by atoms with Crippen molar-refractivity contribution in [1.82, 2.24) is 20.2 Å². The van der Waals surface area contributed by atoms with Crippen molar-refractivity contribution < 1.29 is 4.74 Å². The molecule has 1 aromatic carbocycles. The third-order valence-corrected chi connectivity index (χ3v) is 9.21. The topological polar surface area (TPSA) is 77.3 Å². The Kier molecular flexibility index (Phi) is 6.35. The molecule has 0 bridgehead atoms. The van der Waals surface area contributed by atoms with E-state index in [9.17, 15) is 5.26 Å². The Hall–Kier alpha value is -2.69. The fourth-order valence-corrected chi connectivity index (χ4v) is 7.10. The second kappa shape index (κ2) is 9.64. The Labute approximate surface area is 214 Å². The molecule has 1 aromatic heterocycles. The number of piperazine rings is 1. The number of anilines is 1. The number of likely N-dealkylation sites (tertiary alicyclic amines) is 1. The smallest absolute Gasteiger partial charge is 0.318 e. The summed E-state index contributed by atoms with van der Waals surface area (Å²) in [5.74, 6) is 1.04. The van der Waals surface area contributed by atoms with Gasteiger partial charge in [0.2, 0.25) is 0 Å². The van der Waals surface area contributed by atoms with Gasteiger partial charge in [0.1, 0.15) is 12.4 Å². The summed E-state index contributed by atoms with van der Waals surface area (Å²) in [6.07, 6.45) is 8.38. The molecule has 4 aliphatic rings. The number of ether oxygens (including phenoxy) is 1. The standard InChI is InChI=1S/C29H38N6O/c1-20-5-3-7-25-23(20)8-11-29(25)12-9-24-26(17-29)32-28(36-19-22-6-4-15-34(22)2)33-27(24)35-16-14-31-21(18-35)10-13-30/h3,5,7,21-22,31H,4,6,8-12,14-19H2,1-2H3/t21-,22-,29?/m0/s1. The quantitative estimate of drug-likeness (QED) is 0.695. The molecular formula is C29H38N6O. The molecule has 1 spiro atoms. The first-order chi connectivity index (χ1) is 17.6. The normalized spacial score (nSPS) is 27.6. The van der Waals surface area contributed by atoms with Crippen LogP contribution >= 0.6 is 0 Å². The average Bonchev–Trinajstić information content (AvgIpc) is 3.46. The van der Waals surface area contributed by atoms with Crippen LogP contribution in [0.15, 0.2) is 18.2 Å². The molecule has 190 valence electrons. The lowest BCUT2D eigenvalue weighted by molar-refractivity contribution is 0.186. The van der Waals surface area contributed by atoms with Crippen LogP contribution in [0.1, 0.15) is 60.1 Å². The number of nitriles is 1. The maximum Gasteiger partial charge on any atom is 0.318 e. The maximum absolute atomic E-state index is 9.27. The first kappa shape index (κ1) is 23.7. The van der Waals surface area contributed by atoms with Crippen LogP contribution in [-0.4, -0.2) is 66.8 Å². The van der Waals surface area contributed by atoms with Crippen LogP contribution < -0.4 is 15.0 Å². The van der Waals surface area contributed by atoms with E-state index in [0.717, 1.165) is 51.3 Å². The Bertz CT molecular complexity index is 1180. The molecular weight excluding hydrogens is 448 g/mol. The number of aromatic nitrogens is 2. The van der Waals surface area contributed by atoms with Gasteiger partial charge in [0.15, 0.2) is 0 Å². The Balaban J connectivity index is 1.34. The number of hydrogen-bond donors (Lipinski definition) is 1. The summed E-state index contributed by atoms with van der Waals surface area (Å²) in [7, 11) is 2.18. The van der Waals surface area contributed by atoms with Crippen LogP contribution in [0.3, 0.4) is 0 Å². The molecule has 0 radical (unpaired) electrons. The predicted molar refractivity (Wildman–Crippen MR) is 141 cm³/mol. The molecule has 3 heterocycles. The van der Waals surface area contributed by atoms with E-state index < -0.39 is 0 Å². The van der Waals surface area contributed by atoms with Crippen molar-refractivity contribution in [3.05, 3.63) is 46.1 Å². The minimum atomic E-state index is 0.172. The van der Waals surface area contributed by atoms with E-state index in [0.29, 0.717) is 25.1 Å². The summed E-state index contributed by atoms with van der Waals surface area (Å²) >= 11 is 0. The van der Waals surface area contributed by atoms with Crippen LogP contribution in [0.2, 0.25) is 0 Å². The highest BCUT2D eigenvalue weighted by molar-refractivity contribution is 5.55. The molecule has 1 N–H and O–H groups in total. The number of hydrogen-bond acceptors (Lipinski definition) is 7. The molecule has 2 aliphatic heterocycles. The number of aryl methyl sites for hydroxylation is 1. The minimum Gasteiger partial charge on any atom is -0.462 e. The third kappa shape index (κ3) is 4.25. The molecule has 7 heteroatoms. The summed E-state index contributed by atoms with van der Waals surface area (Å²) in [4.78, 5) is 14.9. The van der Waals surface area contributed by atoms with Crippen molar-refractivity contribution in [1.29, 1.82) is 5.26 Å². The van der Waals surface area contributed by atoms with Crippen LogP contribution in [0.4, 0.5) is 5.82 Å². The van der Waals surface area contributed by atoms with Crippen LogP contribution in [0.5, 0.6) is 6.01 Å². The highest BCUT2D eigenvalue weighted by Crippen LogP contribution is 2.49. The Morgan fingerprint density at radius 1 is 1.19 bits per heavy atom. The van der Waals surface area contributed by atoms with Gasteiger partial charge in [-0.05, 0) is 82.2 Å². The molecule has 6 rings (SSSR count). The van der Waals surface area contributed by atoms with Crippen molar-refractivity contribution in [2.75, 3.05) is 44.7 Å². The number of fused-ring (bicyclic) bond motifs is 3. The number of benzene rings is 1. The molecule has 3 atom stereocenters. The lowest BCUT2D eigenvalue weighted by Crippen LogP contribution is -2.51. The van der Waals surface area contributed by atoms with Gasteiger partial charge in [-0.25, -0.2) is 0 Å². The number of rotatable bonds is 5. The second-order valence-electron chi connectivity index (χ2n) is 11.4. The highest BCUT2D eigenvalue weighted by Gasteiger charge is 2.43. The van der Waals surface area contributed by atoms with Crippen LogP contribution in [-0.2, 0) is 24.7 Å². The van der Waals surface area contributed by atoms with Crippen molar-refractivity contribution in [3.8, 4) is 12.1 Å². The van der Waals surface area contributed by atoms with Gasteiger partial charge in [-0.1, -0.05) is 18.2 Å². The van der Waals surface area contributed by atoms with E-state index in [1.165, 1.54) is 42.5 Å². The summed E-state index contributed by atoms with van der Waals surface area (Å²) in [5.41, 5.74) is 7.16. The molecule has 2 fully saturated rings. The SMILES string of the molecule is Cc1cccc2c1CCC21CCc2c(nc(OC[C@@H]3CCCN3C)nc2N2CCN[C@@H](CC#N)C2)C1. The number of nitrogens with zero attached hydrogens (tertiary/aromatic N) is 5. The van der Waals surface area contributed by atoms with Gasteiger partial charge in [0.05, 0.1) is 18.2 Å². The van der Waals surface area contributed by atoms with Crippen molar-refractivity contribution in [2.45, 2.75) is 75.8 Å². The molecule has 36 heavy (non-hydrogen) atoms. The average molecular weight is 487 g/mol. The van der Waals surface area contributed by atoms with E-state index in [1.807, 2.05) is 0 Å². The predicted octanol–water partition coefficient (Wildman–Crippen LogP) is 3.32. The van der Waals surface area contributed by atoms with Crippen molar-refractivity contribution >= 4 is 5.82 Å². The molecule has 0 amide bonds. The van der Waals surface area contributed by atoms with Gasteiger partial charge in [0.25, 0.3) is 0 Å². The zero-order chi connectivity index (χ0) is 24.7. The summed E-state index contributed by atoms with van der Waals surface area (Å²) < 4.78 is 6.31. The minimum absolute atomic E-state index is 0.172. The Morgan fingerprint density at radius 2 is 2.06 bits per heavy atom. The van der Waals surface area contributed by atoms with Gasteiger partial charge in [-0.2, -0.15) is 15.2 Å². The summed E-state index contributed by atoms with van der Waals surface area (Å²) in [5, 5.41) is 12.8. The van der Waals surface area contributed by atoms with Crippen LogP contribution in [0.25, 0.3) is 0 Å². The third-order valence-electron chi connectivity index (χ3n) is 9.21. The zero-order valence-corrected chi connectivity index (χ0v) is 21.7. The van der Waals surface area contributed by atoms with Crippen molar-refractivity contribution in [3.63, 3.8) is 0 Å². The monoisotopic (exact) mass is 486 g/mol. The van der Waals surface area contributed by atoms with Crippen molar-refractivity contribution in [2.24, 2.45) is 0 Å². The number of likely N-dealkylation sites (N-methyl/N-ethyl adjacent to an activating group) is 1. The van der Waals surface area contributed by atoms with E-state index >= 15 is 0 Å². The fourth-order valence-electron chi connectivity index (χ4n) is 7.10. The molecule has 1 unspecified atom stereocenters. The van der Waals surface area contributed by atoms with E-state index in [2.05, 4.69) is 53.4 Å². The van der Waals surface area contributed by atoms with E-state index in [4.69, 9.17) is 14.7 Å². The van der Waals surface area contributed by atoms with Gasteiger partial charge < -0.3 is 19.9 Å². The highest BCUT2D eigenvalue weighted by atomic mass is 16.5. The van der Waals surface area contributed by atoms with Crippen LogP contribution in [0, 0.1) is 18.3 Å². The first-order valence-corrected chi connectivity index (χ1v) is 13.7. The van der Waals surface area contributed by atoms with Gasteiger partial charge in [0, 0.05) is 42.7 Å². The molecule has 2 aromatic rings. The second-order valence-corrected chi connectivity index (χ2v) is 11.4. The fraction of sp³-hybridized carbons (Fsp3) is 0.621. The lowest BCUT2D eigenvalue weighted by Gasteiger charge is -2.39. The van der Waals surface area contributed by atoms with E-state index in [-0.39, 0.29) is 11.5 Å². The van der Waals surface area contributed by atoms with Gasteiger partial charge in [-0.15, -0.1) is 0 Å².